The Morgan fingerprint density at radius 2 is 1.59 bits per heavy atom. The van der Waals surface area contributed by atoms with Crippen LogP contribution in [0.5, 0.6) is 5.75 Å². The highest BCUT2D eigenvalue weighted by Gasteiger charge is 1.98. The summed E-state index contributed by atoms with van der Waals surface area (Å²) in [6.45, 7) is 1.62. The smallest absolute Gasteiger partial charge is 0.120 e. The maximum atomic E-state index is 9.59. The second kappa shape index (κ2) is 6.06. The van der Waals surface area contributed by atoms with Gasteiger partial charge in [0.2, 0.25) is 0 Å². The van der Waals surface area contributed by atoms with Gasteiger partial charge in [-0.2, -0.15) is 0 Å². The number of nitrogens with one attached hydrogen (secondary N) is 1. The molecule has 0 saturated carbocycles. The van der Waals surface area contributed by atoms with E-state index in [4.69, 9.17) is 0 Å². The topological polar surface area (TPSA) is 32.3 Å². The molecule has 0 heterocycles. The monoisotopic (exact) mass is 227 g/mol. The molecule has 2 aromatic carbocycles. The molecule has 2 heteroatoms. The number of benzene rings is 2. The maximum absolute atomic E-state index is 9.59. The fourth-order valence-corrected chi connectivity index (χ4v) is 1.76. The van der Waals surface area contributed by atoms with Crippen LogP contribution in [0.1, 0.15) is 11.1 Å². The van der Waals surface area contributed by atoms with Crippen LogP contribution in [0.15, 0.2) is 54.6 Å². The number of rotatable bonds is 5. The van der Waals surface area contributed by atoms with Crippen molar-refractivity contribution >= 4 is 0 Å². The molecule has 0 saturated heterocycles. The largest absolute Gasteiger partial charge is 0.508 e. The summed E-state index contributed by atoms with van der Waals surface area (Å²) in [6, 6.07) is 17.8. The number of hydrogen-bond acceptors (Lipinski definition) is 2. The predicted octanol–water partition coefficient (Wildman–Crippen LogP) is 2.72. The highest BCUT2D eigenvalue weighted by molar-refractivity contribution is 5.31. The summed E-state index contributed by atoms with van der Waals surface area (Å²) < 4.78 is 0. The van der Waals surface area contributed by atoms with E-state index in [1.54, 1.807) is 6.07 Å². The lowest BCUT2D eigenvalue weighted by Crippen LogP contribution is -2.16. The van der Waals surface area contributed by atoms with Crippen LogP contribution in [-0.2, 0) is 13.0 Å². The molecule has 0 fully saturated rings. The molecule has 0 atom stereocenters. The Kier molecular flexibility index (Phi) is 4.17. The Morgan fingerprint density at radius 1 is 0.882 bits per heavy atom. The van der Waals surface area contributed by atoms with Gasteiger partial charge in [-0.1, -0.05) is 48.5 Å². The van der Waals surface area contributed by atoms with Gasteiger partial charge < -0.3 is 10.4 Å². The van der Waals surface area contributed by atoms with Crippen molar-refractivity contribution in [1.29, 1.82) is 0 Å². The van der Waals surface area contributed by atoms with Gasteiger partial charge in [-0.25, -0.2) is 0 Å². The Balaban J connectivity index is 1.76. The molecule has 17 heavy (non-hydrogen) atoms. The van der Waals surface area contributed by atoms with Crippen LogP contribution in [0, 0.1) is 0 Å². The van der Waals surface area contributed by atoms with Crippen LogP contribution in [0.2, 0.25) is 0 Å². The fraction of sp³-hybridized carbons (Fsp3) is 0.200. The maximum Gasteiger partial charge on any atom is 0.120 e. The zero-order chi connectivity index (χ0) is 11.9. The molecule has 2 N–H and O–H groups in total. The number of hydrogen-bond donors (Lipinski definition) is 2. The molecule has 0 aliphatic carbocycles. The van der Waals surface area contributed by atoms with Crippen LogP contribution < -0.4 is 5.32 Å². The first-order valence-corrected chi connectivity index (χ1v) is 5.88. The van der Waals surface area contributed by atoms with Gasteiger partial charge in [0.25, 0.3) is 0 Å². The zero-order valence-electron chi connectivity index (χ0n) is 9.76. The first-order valence-electron chi connectivity index (χ1n) is 5.88. The number of para-hydroxylation sites is 1. The van der Waals surface area contributed by atoms with Crippen LogP contribution >= 0.6 is 0 Å². The summed E-state index contributed by atoms with van der Waals surface area (Å²) in [5.74, 6) is 0.361. The average Bonchev–Trinajstić information content (AvgIpc) is 2.38. The van der Waals surface area contributed by atoms with E-state index in [0.29, 0.717) is 12.3 Å². The summed E-state index contributed by atoms with van der Waals surface area (Å²) in [4.78, 5) is 0. The molecule has 0 unspecified atom stereocenters. The van der Waals surface area contributed by atoms with Crippen molar-refractivity contribution in [2.75, 3.05) is 6.54 Å². The highest BCUT2D eigenvalue weighted by atomic mass is 16.3. The molecule has 2 aromatic rings. The summed E-state index contributed by atoms with van der Waals surface area (Å²) in [6.07, 6.45) is 1.01. The van der Waals surface area contributed by atoms with E-state index in [1.165, 1.54) is 5.56 Å². The summed E-state index contributed by atoms with van der Waals surface area (Å²) in [7, 11) is 0. The van der Waals surface area contributed by atoms with Crippen LogP contribution in [0.3, 0.4) is 0 Å². The van der Waals surface area contributed by atoms with Crippen molar-refractivity contribution in [3.05, 3.63) is 65.7 Å². The second-order valence-electron chi connectivity index (χ2n) is 4.04. The van der Waals surface area contributed by atoms with E-state index in [2.05, 4.69) is 29.6 Å². The standard InChI is InChI=1S/C15H17NO/c17-15-9-5-4-8-14(15)12-16-11-10-13-6-2-1-3-7-13/h1-9,16-17H,10-12H2. The van der Waals surface area contributed by atoms with Gasteiger partial charge >= 0.3 is 0 Å². The molecule has 2 rings (SSSR count). The Morgan fingerprint density at radius 3 is 2.35 bits per heavy atom. The van der Waals surface area contributed by atoms with Crippen molar-refractivity contribution in [2.24, 2.45) is 0 Å². The summed E-state index contributed by atoms with van der Waals surface area (Å²) >= 11 is 0. The van der Waals surface area contributed by atoms with E-state index in [0.717, 1.165) is 18.5 Å². The van der Waals surface area contributed by atoms with Crippen LogP contribution in [-0.4, -0.2) is 11.7 Å². The lowest BCUT2D eigenvalue weighted by molar-refractivity contribution is 0.464. The molecule has 88 valence electrons. The Labute approximate surface area is 102 Å². The molecular weight excluding hydrogens is 210 g/mol. The van der Waals surface area contributed by atoms with Gasteiger partial charge in [-0.15, -0.1) is 0 Å². The minimum atomic E-state index is 0.361. The first kappa shape index (κ1) is 11.7. The van der Waals surface area contributed by atoms with Gasteiger partial charge in [-0.05, 0) is 24.6 Å². The number of aromatic hydroxyl groups is 1. The third-order valence-electron chi connectivity index (χ3n) is 2.74. The molecule has 0 aromatic heterocycles. The number of phenolic OH excluding ortho intramolecular Hbond substituents is 1. The molecular formula is C15H17NO. The minimum Gasteiger partial charge on any atom is -0.508 e. The second-order valence-corrected chi connectivity index (χ2v) is 4.04. The quantitative estimate of drug-likeness (QED) is 0.770. The third kappa shape index (κ3) is 3.61. The molecule has 0 radical (unpaired) electrons. The number of phenols is 1. The van der Waals surface area contributed by atoms with Gasteiger partial charge in [0.1, 0.15) is 5.75 Å². The molecule has 0 bridgehead atoms. The molecule has 0 spiro atoms. The van der Waals surface area contributed by atoms with Crippen molar-refractivity contribution in [3.63, 3.8) is 0 Å². The van der Waals surface area contributed by atoms with E-state index in [-0.39, 0.29) is 0 Å². The molecule has 2 nitrogen and oxygen atoms in total. The van der Waals surface area contributed by atoms with E-state index in [9.17, 15) is 5.11 Å². The lowest BCUT2D eigenvalue weighted by atomic mass is 10.1. The molecule has 0 amide bonds. The SMILES string of the molecule is Oc1ccccc1CNCCc1ccccc1. The van der Waals surface area contributed by atoms with E-state index < -0.39 is 0 Å². The van der Waals surface area contributed by atoms with Crippen LogP contribution in [0.4, 0.5) is 0 Å². The van der Waals surface area contributed by atoms with Crippen LogP contribution in [0.25, 0.3) is 0 Å². The van der Waals surface area contributed by atoms with Crippen molar-refractivity contribution in [3.8, 4) is 5.75 Å². The Bertz CT molecular complexity index is 453. The summed E-state index contributed by atoms with van der Waals surface area (Å²) in [5.41, 5.74) is 2.28. The van der Waals surface area contributed by atoms with Gasteiger partial charge in [-0.3, -0.25) is 0 Å². The summed E-state index contributed by atoms with van der Waals surface area (Å²) in [5, 5.41) is 12.9. The van der Waals surface area contributed by atoms with Crippen molar-refractivity contribution in [2.45, 2.75) is 13.0 Å². The van der Waals surface area contributed by atoms with Crippen molar-refractivity contribution in [1.82, 2.24) is 5.32 Å². The van der Waals surface area contributed by atoms with Gasteiger partial charge in [0.05, 0.1) is 0 Å². The first-order chi connectivity index (χ1) is 8.36. The highest BCUT2D eigenvalue weighted by Crippen LogP contribution is 2.14. The lowest BCUT2D eigenvalue weighted by Gasteiger charge is -2.06. The van der Waals surface area contributed by atoms with Gasteiger partial charge in [0, 0.05) is 12.1 Å². The predicted molar refractivity (Wildman–Crippen MR) is 70.0 cm³/mol. The van der Waals surface area contributed by atoms with Crippen molar-refractivity contribution < 1.29 is 5.11 Å². The molecule has 0 aliphatic heterocycles. The third-order valence-corrected chi connectivity index (χ3v) is 2.74. The van der Waals surface area contributed by atoms with E-state index in [1.807, 2.05) is 24.3 Å². The molecule has 0 aliphatic rings. The van der Waals surface area contributed by atoms with E-state index >= 15 is 0 Å². The van der Waals surface area contributed by atoms with Gasteiger partial charge in [0.15, 0.2) is 0 Å². The average molecular weight is 227 g/mol. The minimum absolute atomic E-state index is 0.361. The normalized spacial score (nSPS) is 10.4. The zero-order valence-corrected chi connectivity index (χ0v) is 9.76. The fourth-order valence-electron chi connectivity index (χ4n) is 1.76. The Hall–Kier alpha value is -1.80.